The molecule has 0 unspecified atom stereocenters. The Morgan fingerprint density at radius 1 is 1.22 bits per heavy atom. The summed E-state index contributed by atoms with van der Waals surface area (Å²) in [4.78, 5) is 13.6. The van der Waals surface area contributed by atoms with Crippen LogP contribution in [-0.4, -0.2) is 12.4 Å². The molecule has 0 aliphatic carbocycles. The average molecular weight is 301 g/mol. The van der Waals surface area contributed by atoms with Crippen molar-refractivity contribution in [3.8, 4) is 5.75 Å². The number of hydrogen-bond acceptors (Lipinski definition) is 3. The average Bonchev–Trinajstić information content (AvgIpc) is 2.71. The summed E-state index contributed by atoms with van der Waals surface area (Å²) in [5.74, 6) is 0.443. The van der Waals surface area contributed by atoms with Gasteiger partial charge < -0.3 is 4.74 Å². The van der Waals surface area contributed by atoms with Gasteiger partial charge in [-0.25, -0.2) is 0 Å². The molecule has 18 heavy (non-hydrogen) atoms. The first-order chi connectivity index (χ1) is 8.54. The van der Waals surface area contributed by atoms with Crippen LogP contribution < -0.4 is 4.74 Å². The van der Waals surface area contributed by atoms with E-state index < -0.39 is 0 Å². The van der Waals surface area contributed by atoms with Gasteiger partial charge in [-0.15, -0.1) is 11.3 Å². The van der Waals surface area contributed by atoms with Crippen molar-refractivity contribution in [3.63, 3.8) is 0 Å². The summed E-state index contributed by atoms with van der Waals surface area (Å²) in [6.45, 7) is 1.94. The van der Waals surface area contributed by atoms with Gasteiger partial charge in [0.1, 0.15) is 5.75 Å². The number of aryl methyl sites for hydroxylation is 1. The van der Waals surface area contributed by atoms with E-state index in [1.54, 1.807) is 24.3 Å². The van der Waals surface area contributed by atoms with Crippen LogP contribution in [0.5, 0.6) is 5.75 Å². The standard InChI is InChI=1S/C13H10Cl2O2S/c1-8-2-3-13(18-8)12(16)7-17-11-5-9(14)4-10(15)6-11/h2-6H,7H2,1H3. The predicted octanol–water partition coefficient (Wildman–Crippen LogP) is 4.63. The maximum atomic E-state index is 11.8. The number of hydrogen-bond donors (Lipinski definition) is 0. The Morgan fingerprint density at radius 2 is 1.89 bits per heavy atom. The monoisotopic (exact) mass is 300 g/mol. The number of rotatable bonds is 4. The third kappa shape index (κ3) is 3.48. The van der Waals surface area contributed by atoms with Crippen LogP contribution in [0.1, 0.15) is 14.5 Å². The van der Waals surface area contributed by atoms with Crippen LogP contribution in [0.2, 0.25) is 10.0 Å². The number of Topliss-reactive ketones (excluding diaryl/α,β-unsaturated/α-hetero) is 1. The van der Waals surface area contributed by atoms with E-state index in [0.717, 1.165) is 4.88 Å². The molecule has 0 atom stereocenters. The molecular formula is C13H10Cl2O2S. The highest BCUT2D eigenvalue weighted by Gasteiger charge is 2.09. The maximum absolute atomic E-state index is 11.8. The molecule has 0 spiro atoms. The number of carbonyl (C=O) groups is 1. The first-order valence-electron chi connectivity index (χ1n) is 5.23. The van der Waals surface area contributed by atoms with Gasteiger partial charge in [0.25, 0.3) is 0 Å². The third-order valence-corrected chi connectivity index (χ3v) is 3.70. The number of thiophene rings is 1. The summed E-state index contributed by atoms with van der Waals surface area (Å²) in [6, 6.07) is 8.58. The van der Waals surface area contributed by atoms with Crippen LogP contribution in [0, 0.1) is 6.92 Å². The van der Waals surface area contributed by atoms with E-state index in [2.05, 4.69) is 0 Å². The lowest BCUT2D eigenvalue weighted by molar-refractivity contribution is 0.0925. The number of carbonyl (C=O) groups excluding carboxylic acids is 1. The minimum absolute atomic E-state index is 0.0172. The largest absolute Gasteiger partial charge is 0.485 e. The highest BCUT2D eigenvalue weighted by atomic mass is 35.5. The van der Waals surface area contributed by atoms with Gasteiger partial charge >= 0.3 is 0 Å². The lowest BCUT2D eigenvalue weighted by Gasteiger charge is -2.05. The molecule has 0 amide bonds. The molecule has 1 aromatic carbocycles. The Labute approximate surface area is 119 Å². The number of ether oxygens (including phenoxy) is 1. The Balaban J connectivity index is 2.01. The topological polar surface area (TPSA) is 26.3 Å². The molecule has 2 aromatic rings. The fourth-order valence-electron chi connectivity index (χ4n) is 1.42. The van der Waals surface area contributed by atoms with Crippen molar-refractivity contribution in [2.45, 2.75) is 6.92 Å². The van der Waals surface area contributed by atoms with E-state index in [1.807, 2.05) is 13.0 Å². The third-order valence-electron chi connectivity index (χ3n) is 2.22. The molecule has 1 aromatic heterocycles. The molecule has 0 fully saturated rings. The molecule has 0 N–H and O–H groups in total. The lowest BCUT2D eigenvalue weighted by Crippen LogP contribution is -2.10. The second kappa shape index (κ2) is 5.74. The summed E-state index contributed by atoms with van der Waals surface area (Å²) in [5.41, 5.74) is 0. The minimum atomic E-state index is -0.0517. The predicted molar refractivity (Wildman–Crippen MR) is 75.3 cm³/mol. The maximum Gasteiger partial charge on any atom is 0.210 e. The van der Waals surface area contributed by atoms with Crippen molar-refractivity contribution < 1.29 is 9.53 Å². The molecule has 94 valence electrons. The Morgan fingerprint density at radius 3 is 2.44 bits per heavy atom. The fraction of sp³-hybridized carbons (Fsp3) is 0.154. The summed E-state index contributed by atoms with van der Waals surface area (Å²) in [7, 11) is 0. The van der Waals surface area contributed by atoms with E-state index in [1.165, 1.54) is 11.3 Å². The first kappa shape index (κ1) is 13.4. The van der Waals surface area contributed by atoms with Crippen LogP contribution in [-0.2, 0) is 0 Å². The van der Waals surface area contributed by atoms with Gasteiger partial charge in [0, 0.05) is 14.9 Å². The van der Waals surface area contributed by atoms with Gasteiger partial charge in [-0.2, -0.15) is 0 Å². The van der Waals surface area contributed by atoms with Gasteiger partial charge in [0.05, 0.1) is 4.88 Å². The fourth-order valence-corrected chi connectivity index (χ4v) is 2.71. The number of ketones is 1. The zero-order chi connectivity index (χ0) is 13.1. The van der Waals surface area contributed by atoms with Crippen LogP contribution in [0.4, 0.5) is 0 Å². The SMILES string of the molecule is Cc1ccc(C(=O)COc2cc(Cl)cc(Cl)c2)s1. The molecular weight excluding hydrogens is 291 g/mol. The molecule has 0 saturated heterocycles. The van der Waals surface area contributed by atoms with Gasteiger partial charge in [-0.05, 0) is 37.3 Å². The van der Waals surface area contributed by atoms with E-state index in [4.69, 9.17) is 27.9 Å². The van der Waals surface area contributed by atoms with E-state index >= 15 is 0 Å². The normalized spacial score (nSPS) is 10.4. The second-order valence-electron chi connectivity index (χ2n) is 3.73. The van der Waals surface area contributed by atoms with Crippen LogP contribution in [0.15, 0.2) is 30.3 Å². The molecule has 0 bridgehead atoms. The summed E-state index contributed by atoms with van der Waals surface area (Å²) in [5, 5.41) is 0.967. The molecule has 5 heteroatoms. The molecule has 2 nitrogen and oxygen atoms in total. The van der Waals surface area contributed by atoms with Gasteiger partial charge in [0.2, 0.25) is 5.78 Å². The Hall–Kier alpha value is -1.03. The van der Waals surface area contributed by atoms with E-state index in [-0.39, 0.29) is 12.4 Å². The van der Waals surface area contributed by atoms with Crippen molar-refractivity contribution in [1.29, 1.82) is 0 Å². The van der Waals surface area contributed by atoms with Crippen molar-refractivity contribution in [2.24, 2.45) is 0 Å². The van der Waals surface area contributed by atoms with Gasteiger partial charge in [0.15, 0.2) is 6.61 Å². The van der Waals surface area contributed by atoms with E-state index in [9.17, 15) is 4.79 Å². The summed E-state index contributed by atoms with van der Waals surface area (Å²) in [6.07, 6.45) is 0. The summed E-state index contributed by atoms with van der Waals surface area (Å²) < 4.78 is 5.38. The van der Waals surface area contributed by atoms with Crippen LogP contribution in [0.25, 0.3) is 0 Å². The Bertz CT molecular complexity index is 558. The highest BCUT2D eigenvalue weighted by molar-refractivity contribution is 7.14. The number of benzene rings is 1. The quantitative estimate of drug-likeness (QED) is 0.770. The second-order valence-corrected chi connectivity index (χ2v) is 5.89. The lowest BCUT2D eigenvalue weighted by atomic mass is 10.3. The van der Waals surface area contributed by atoms with Crippen LogP contribution >= 0.6 is 34.5 Å². The molecule has 0 aliphatic heterocycles. The molecule has 2 rings (SSSR count). The van der Waals surface area contributed by atoms with Gasteiger partial charge in [-0.3, -0.25) is 4.79 Å². The van der Waals surface area contributed by atoms with Gasteiger partial charge in [-0.1, -0.05) is 23.2 Å². The highest BCUT2D eigenvalue weighted by Crippen LogP contribution is 2.24. The summed E-state index contributed by atoms with van der Waals surface area (Å²) >= 11 is 13.1. The van der Waals surface area contributed by atoms with Crippen molar-refractivity contribution in [2.75, 3.05) is 6.61 Å². The molecule has 0 radical (unpaired) electrons. The zero-order valence-electron chi connectivity index (χ0n) is 9.57. The Kier molecular flexibility index (Phi) is 4.27. The van der Waals surface area contributed by atoms with Crippen molar-refractivity contribution in [1.82, 2.24) is 0 Å². The number of halogens is 2. The molecule has 0 saturated carbocycles. The van der Waals surface area contributed by atoms with Crippen LogP contribution in [0.3, 0.4) is 0 Å². The molecule has 1 heterocycles. The van der Waals surface area contributed by atoms with E-state index in [0.29, 0.717) is 20.7 Å². The smallest absolute Gasteiger partial charge is 0.210 e. The zero-order valence-corrected chi connectivity index (χ0v) is 11.9. The first-order valence-corrected chi connectivity index (χ1v) is 6.80. The molecule has 0 aliphatic rings. The van der Waals surface area contributed by atoms with Crippen molar-refractivity contribution >= 4 is 40.3 Å². The minimum Gasteiger partial charge on any atom is -0.485 e. The van der Waals surface area contributed by atoms with Crippen molar-refractivity contribution in [3.05, 3.63) is 50.1 Å².